The third-order valence-corrected chi connectivity index (χ3v) is 7.38. The summed E-state index contributed by atoms with van der Waals surface area (Å²) in [6, 6.07) is 8.36. The average Bonchev–Trinajstić information content (AvgIpc) is 3.44. The number of hydrogen-bond acceptors (Lipinski definition) is 12. The molecular formula is C25H16K2N4O12S2. The van der Waals surface area contributed by atoms with Gasteiger partial charge in [0.05, 0.1) is 38.3 Å². The van der Waals surface area contributed by atoms with E-state index in [2.05, 4.69) is 10.2 Å². The number of aliphatic carboxylic acids is 1. The van der Waals surface area contributed by atoms with E-state index < -0.39 is 65.2 Å². The summed E-state index contributed by atoms with van der Waals surface area (Å²) in [4.78, 5) is 35.1. The molecule has 20 heteroatoms. The zero-order valence-electron chi connectivity index (χ0n) is 23.1. The van der Waals surface area contributed by atoms with Crippen LogP contribution in [0.1, 0.15) is 16.1 Å². The van der Waals surface area contributed by atoms with Crippen LogP contribution in [-0.2, 0) is 29.8 Å². The Hall–Kier alpha value is -2.16. The second-order valence-corrected chi connectivity index (χ2v) is 11.2. The molecular weight excluding hydrogens is 691 g/mol. The van der Waals surface area contributed by atoms with E-state index in [0.717, 1.165) is 65.4 Å². The Morgan fingerprint density at radius 1 is 0.867 bits per heavy atom. The van der Waals surface area contributed by atoms with Crippen molar-refractivity contribution >= 4 is 55.6 Å². The van der Waals surface area contributed by atoms with Crippen LogP contribution in [0, 0.1) is 0 Å². The minimum Gasteiger partial charge on any atom is -0.744 e. The van der Waals surface area contributed by atoms with Crippen LogP contribution in [0.2, 0.25) is 0 Å². The molecule has 45 heavy (non-hydrogen) atoms. The molecule has 0 atom stereocenters. The van der Waals surface area contributed by atoms with Crippen LogP contribution in [0.3, 0.4) is 0 Å². The third kappa shape index (κ3) is 9.01. The summed E-state index contributed by atoms with van der Waals surface area (Å²) < 4.78 is 65.7. The van der Waals surface area contributed by atoms with Gasteiger partial charge in [0.1, 0.15) is 15.8 Å². The van der Waals surface area contributed by atoms with Gasteiger partial charge in [-0.1, -0.05) is 18.2 Å². The molecule has 1 aliphatic rings. The first kappa shape index (κ1) is 39.0. The number of nitrogens with zero attached hydrogens (tertiary/aromatic N) is 4. The minimum absolute atomic E-state index is 0. The summed E-state index contributed by atoms with van der Waals surface area (Å²) in [5.74, 6) is -4.86. The molecule has 1 aromatic heterocycles. The molecule has 1 amide bonds. The molecule has 0 saturated heterocycles. The van der Waals surface area contributed by atoms with Gasteiger partial charge in [-0.2, -0.15) is 23.6 Å². The molecule has 0 spiro atoms. The largest absolute Gasteiger partial charge is 1.00 e. The van der Waals surface area contributed by atoms with Gasteiger partial charge in [-0.05, 0) is 60.7 Å². The number of carboxylic acid groups (broad SMARTS) is 2. The Kier molecular flexibility index (Phi) is 13.5. The zero-order valence-corrected chi connectivity index (χ0v) is 31.0. The monoisotopic (exact) mass is 706 g/mol. The molecule has 0 fully saturated rings. The van der Waals surface area contributed by atoms with Crippen molar-refractivity contribution in [1.29, 1.82) is 0 Å². The molecule has 3 N–H and O–H groups in total. The van der Waals surface area contributed by atoms with Gasteiger partial charge in [0, 0.05) is 0 Å². The second kappa shape index (κ2) is 15.6. The van der Waals surface area contributed by atoms with Crippen LogP contribution < -0.4 is 113 Å². The number of hydrogen-bond donors (Lipinski definition) is 3. The number of allylic oxidation sites excluding steroid dienone is 4. The molecule has 0 bridgehead atoms. The molecule has 3 aromatic rings. The number of aromatic hydroxyl groups is 1. The van der Waals surface area contributed by atoms with Crippen molar-refractivity contribution in [2.45, 2.75) is 9.79 Å². The quantitative estimate of drug-likeness (QED) is 0.0812. The van der Waals surface area contributed by atoms with Crippen molar-refractivity contribution in [2.24, 2.45) is 5.10 Å². The first-order valence-corrected chi connectivity index (χ1v) is 14.3. The Morgan fingerprint density at radius 2 is 1.42 bits per heavy atom. The summed E-state index contributed by atoms with van der Waals surface area (Å²) in [7, 11) is -9.26. The summed E-state index contributed by atoms with van der Waals surface area (Å²) in [5.41, 5.74) is -1.97. The number of carbonyl (C=O) groups excluding carboxylic acids is 2. The molecule has 0 radical (unpaired) electrons. The van der Waals surface area contributed by atoms with Crippen LogP contribution in [-0.4, -0.2) is 69.5 Å². The Bertz CT molecular complexity index is 2000. The van der Waals surface area contributed by atoms with Crippen LogP contribution in [0.4, 0.5) is 5.69 Å². The number of carboxylic acids is 2. The van der Waals surface area contributed by atoms with E-state index in [4.69, 9.17) is 4.55 Å². The van der Waals surface area contributed by atoms with Crippen LogP contribution in [0.15, 0.2) is 93.3 Å². The Morgan fingerprint density at radius 3 is 1.93 bits per heavy atom. The predicted molar refractivity (Wildman–Crippen MR) is 143 cm³/mol. The van der Waals surface area contributed by atoms with Gasteiger partial charge in [0.15, 0.2) is 5.71 Å². The van der Waals surface area contributed by atoms with E-state index in [9.17, 15) is 51.1 Å². The molecule has 0 saturated carbocycles. The number of anilines is 1. The minimum atomic E-state index is -4.75. The van der Waals surface area contributed by atoms with Crippen LogP contribution >= 0.6 is 0 Å². The van der Waals surface area contributed by atoms with Gasteiger partial charge in [-0.25, -0.2) is 17.9 Å². The molecule has 4 rings (SSSR count). The summed E-state index contributed by atoms with van der Waals surface area (Å²) in [6.45, 7) is 0. The average molecular weight is 707 g/mol. The van der Waals surface area contributed by atoms with Gasteiger partial charge in [0.25, 0.3) is 16.0 Å². The summed E-state index contributed by atoms with van der Waals surface area (Å²) in [5, 5.41) is 39.8. The molecule has 0 unspecified atom stereocenters. The third-order valence-electron chi connectivity index (χ3n) is 5.67. The number of aromatic carboxylic acids is 1. The van der Waals surface area contributed by atoms with E-state index >= 15 is 0 Å². The molecule has 222 valence electrons. The van der Waals surface area contributed by atoms with Crippen molar-refractivity contribution < 1.29 is 158 Å². The number of benzene rings is 2. The van der Waals surface area contributed by atoms with E-state index in [0.29, 0.717) is 5.01 Å². The van der Waals surface area contributed by atoms with Crippen molar-refractivity contribution in [3.63, 3.8) is 0 Å². The number of hydrazone groups is 1. The van der Waals surface area contributed by atoms with E-state index in [-0.39, 0.29) is 125 Å². The smallest absolute Gasteiger partial charge is 0.744 e. The van der Waals surface area contributed by atoms with E-state index in [1.54, 1.807) is 0 Å². The van der Waals surface area contributed by atoms with Crippen molar-refractivity contribution in [2.75, 3.05) is 5.01 Å². The van der Waals surface area contributed by atoms with Crippen molar-refractivity contribution in [1.82, 2.24) is 9.78 Å². The zero-order chi connectivity index (χ0) is 31.7. The van der Waals surface area contributed by atoms with Crippen LogP contribution in [0.5, 0.6) is 5.88 Å². The van der Waals surface area contributed by atoms with Crippen LogP contribution in [0.25, 0.3) is 11.8 Å². The Labute approximate surface area is 339 Å². The predicted octanol–water partition coefficient (Wildman–Crippen LogP) is -5.92. The fourth-order valence-electron chi connectivity index (χ4n) is 3.68. The maximum Gasteiger partial charge on any atom is 1.00 e. The summed E-state index contributed by atoms with van der Waals surface area (Å²) >= 11 is 0. The fraction of sp³-hybridized carbons (Fsp3) is 0. The summed E-state index contributed by atoms with van der Waals surface area (Å²) in [6.07, 6.45) is 5.91. The number of aromatic nitrogens is 2. The van der Waals surface area contributed by atoms with E-state index in [1.165, 1.54) is 18.2 Å². The van der Waals surface area contributed by atoms with Crippen molar-refractivity contribution in [3.05, 3.63) is 89.7 Å². The topological polar surface area (TPSA) is 260 Å². The molecule has 2 aromatic carbocycles. The maximum absolute atomic E-state index is 12.9. The van der Waals surface area contributed by atoms with Gasteiger partial charge in [-0.15, -0.1) is 0 Å². The Balaban J connectivity index is 0.00000353. The number of amides is 1. The van der Waals surface area contributed by atoms with Gasteiger partial charge >= 0.3 is 109 Å². The normalized spacial score (nSPS) is 14.4. The molecule has 0 aliphatic carbocycles. The number of rotatable bonds is 9. The first-order chi connectivity index (χ1) is 20.1. The van der Waals surface area contributed by atoms with Crippen molar-refractivity contribution in [3.8, 4) is 11.6 Å². The molecule has 16 nitrogen and oxygen atoms in total. The SMILES string of the molecule is O=C(O)C1=NN(c2ccc(S(=O)(=O)O)cc2)C(=O)C1=CC=CC=Cc1c(C(=O)[O-])nn(-c2ccc(S(=O)(=O)[O-])cc2)c1O.[K+].[K+]. The molecule has 2 heterocycles. The maximum atomic E-state index is 12.9. The standard InChI is InChI=1S/C25H18N4O12S2.2K/c30-22-18(20(24(32)33)26-28(22)14-6-10-16(11-7-14)42(36,37)38)4-2-1-3-5-19-21(25(34)35)27-29(23(19)31)15-8-12-17(13-9-15)43(39,40)41;;/h1-13,30H,(H,32,33)(H,34,35)(H,36,37,38)(H,39,40,41);;/q;2*+1/p-2. The first-order valence-electron chi connectivity index (χ1n) is 11.5. The fourth-order valence-corrected chi connectivity index (χ4v) is 4.63. The van der Waals surface area contributed by atoms with Gasteiger partial charge < -0.3 is 24.7 Å². The second-order valence-electron chi connectivity index (χ2n) is 8.40. The number of carbonyl (C=O) groups is 3. The van der Waals surface area contributed by atoms with E-state index in [1.807, 2.05) is 0 Å². The van der Waals surface area contributed by atoms with Gasteiger partial charge in [0.2, 0.25) is 5.88 Å². The van der Waals surface area contributed by atoms with Gasteiger partial charge in [-0.3, -0.25) is 9.35 Å². The molecule has 1 aliphatic heterocycles.